The fraction of sp³-hybridized carbons (Fsp3) is 0.211. The molecule has 3 heterocycles. The first-order valence-corrected chi connectivity index (χ1v) is 8.20. The molecular formula is C19H19N5O. The summed E-state index contributed by atoms with van der Waals surface area (Å²) in [7, 11) is 3.91. The Kier molecular flexibility index (Phi) is 3.72. The molecule has 1 aliphatic heterocycles. The van der Waals surface area contributed by atoms with Gasteiger partial charge in [-0.05, 0) is 17.2 Å². The number of aromatic amines is 1. The smallest absolute Gasteiger partial charge is 0.226 e. The third kappa shape index (κ3) is 2.76. The lowest BCUT2D eigenvalue weighted by Gasteiger charge is -2.23. The third-order valence-corrected chi connectivity index (χ3v) is 4.49. The monoisotopic (exact) mass is 333 g/mol. The van der Waals surface area contributed by atoms with E-state index in [0.717, 1.165) is 28.2 Å². The number of carbonyl (C=O) groups excluding carboxylic acids is 1. The SMILES string of the molecule is CN(C)c1ccc(C2CC(=O)Nc3n[nH]c(-c4ccccc4)c32)cn1. The van der Waals surface area contributed by atoms with Crippen LogP contribution in [0.5, 0.6) is 0 Å². The topological polar surface area (TPSA) is 73.9 Å². The highest BCUT2D eigenvalue weighted by Crippen LogP contribution is 2.41. The summed E-state index contributed by atoms with van der Waals surface area (Å²) < 4.78 is 0. The standard InChI is InChI=1S/C19H19N5O/c1-24(2)15-9-8-13(11-20-15)14-10-16(25)21-19-17(14)18(22-23-19)12-6-4-3-5-7-12/h3-9,11,14H,10H2,1-2H3,(H2,21,22,23,25). The summed E-state index contributed by atoms with van der Waals surface area (Å²) >= 11 is 0. The van der Waals surface area contributed by atoms with Crippen molar-refractivity contribution in [2.24, 2.45) is 0 Å². The average molecular weight is 333 g/mol. The Labute approximate surface area is 145 Å². The number of carbonyl (C=O) groups is 1. The van der Waals surface area contributed by atoms with Gasteiger partial charge in [0.15, 0.2) is 5.82 Å². The van der Waals surface area contributed by atoms with E-state index in [2.05, 4.69) is 20.5 Å². The van der Waals surface area contributed by atoms with Crippen LogP contribution in [0, 0.1) is 0 Å². The van der Waals surface area contributed by atoms with Crippen LogP contribution < -0.4 is 10.2 Å². The molecule has 0 radical (unpaired) electrons. The number of hydrogen-bond donors (Lipinski definition) is 2. The number of benzene rings is 1. The van der Waals surface area contributed by atoms with Crippen LogP contribution in [0.2, 0.25) is 0 Å². The number of amides is 1. The molecule has 0 spiro atoms. The molecule has 6 heteroatoms. The van der Waals surface area contributed by atoms with Crippen LogP contribution in [0.3, 0.4) is 0 Å². The van der Waals surface area contributed by atoms with Gasteiger partial charge in [-0.25, -0.2) is 4.98 Å². The van der Waals surface area contributed by atoms with Gasteiger partial charge >= 0.3 is 0 Å². The molecule has 0 saturated heterocycles. The first-order chi connectivity index (χ1) is 12.1. The zero-order chi connectivity index (χ0) is 17.4. The van der Waals surface area contributed by atoms with E-state index < -0.39 is 0 Å². The van der Waals surface area contributed by atoms with Gasteiger partial charge in [0.25, 0.3) is 0 Å². The van der Waals surface area contributed by atoms with E-state index in [4.69, 9.17) is 0 Å². The molecule has 25 heavy (non-hydrogen) atoms. The largest absolute Gasteiger partial charge is 0.363 e. The molecule has 0 saturated carbocycles. The number of fused-ring (bicyclic) bond motifs is 1. The van der Waals surface area contributed by atoms with E-state index in [1.807, 2.05) is 67.7 Å². The molecule has 126 valence electrons. The van der Waals surface area contributed by atoms with Gasteiger partial charge in [-0.15, -0.1) is 0 Å². The summed E-state index contributed by atoms with van der Waals surface area (Å²) in [5.41, 5.74) is 4.03. The van der Waals surface area contributed by atoms with Crippen molar-refractivity contribution in [3.8, 4) is 11.3 Å². The number of nitrogens with one attached hydrogen (secondary N) is 2. The number of aromatic nitrogens is 3. The van der Waals surface area contributed by atoms with Gasteiger partial charge in [0, 0.05) is 38.2 Å². The molecule has 0 fully saturated rings. The molecule has 3 aromatic rings. The zero-order valence-corrected chi connectivity index (χ0v) is 14.2. The Morgan fingerprint density at radius 1 is 1.12 bits per heavy atom. The van der Waals surface area contributed by atoms with Crippen LogP contribution >= 0.6 is 0 Å². The molecule has 2 N–H and O–H groups in total. The van der Waals surface area contributed by atoms with Gasteiger partial charge < -0.3 is 10.2 Å². The highest BCUT2D eigenvalue weighted by molar-refractivity contribution is 5.96. The van der Waals surface area contributed by atoms with E-state index in [0.29, 0.717) is 12.2 Å². The van der Waals surface area contributed by atoms with Crippen molar-refractivity contribution in [1.29, 1.82) is 0 Å². The predicted octanol–water partition coefficient (Wildman–Crippen LogP) is 3.01. The lowest BCUT2D eigenvalue weighted by Crippen LogP contribution is -2.23. The fourth-order valence-corrected chi connectivity index (χ4v) is 3.23. The Hall–Kier alpha value is -3.15. The molecule has 1 aromatic carbocycles. The van der Waals surface area contributed by atoms with E-state index in [9.17, 15) is 4.79 Å². The molecule has 1 aliphatic rings. The quantitative estimate of drug-likeness (QED) is 0.773. The van der Waals surface area contributed by atoms with Crippen molar-refractivity contribution < 1.29 is 4.79 Å². The van der Waals surface area contributed by atoms with Crippen molar-refractivity contribution >= 4 is 17.5 Å². The van der Waals surface area contributed by atoms with Gasteiger partial charge in [-0.3, -0.25) is 9.89 Å². The van der Waals surface area contributed by atoms with E-state index >= 15 is 0 Å². The average Bonchev–Trinajstić information content (AvgIpc) is 3.05. The summed E-state index contributed by atoms with van der Waals surface area (Å²) in [4.78, 5) is 18.6. The molecule has 1 unspecified atom stereocenters. The number of nitrogens with zero attached hydrogens (tertiary/aromatic N) is 3. The molecule has 0 aliphatic carbocycles. The number of H-pyrrole nitrogens is 1. The molecular weight excluding hydrogens is 314 g/mol. The summed E-state index contributed by atoms with van der Waals surface area (Å²) in [5, 5.41) is 10.3. The first kappa shape index (κ1) is 15.4. The lowest BCUT2D eigenvalue weighted by atomic mass is 9.85. The van der Waals surface area contributed by atoms with E-state index in [-0.39, 0.29) is 11.8 Å². The second-order valence-electron chi connectivity index (χ2n) is 6.38. The Bertz CT molecular complexity index is 899. The highest BCUT2D eigenvalue weighted by Gasteiger charge is 2.32. The predicted molar refractivity (Wildman–Crippen MR) is 97.7 cm³/mol. The van der Waals surface area contributed by atoms with Crippen LogP contribution in [-0.2, 0) is 4.79 Å². The molecule has 1 atom stereocenters. The minimum atomic E-state index is -0.0681. The molecule has 0 bridgehead atoms. The molecule has 2 aromatic heterocycles. The number of hydrogen-bond acceptors (Lipinski definition) is 4. The van der Waals surface area contributed by atoms with Crippen molar-refractivity contribution in [2.45, 2.75) is 12.3 Å². The van der Waals surface area contributed by atoms with Gasteiger partial charge in [-0.1, -0.05) is 36.4 Å². The minimum Gasteiger partial charge on any atom is -0.363 e. The number of rotatable bonds is 3. The summed E-state index contributed by atoms with van der Waals surface area (Å²) in [6, 6.07) is 14.1. The Morgan fingerprint density at radius 3 is 2.60 bits per heavy atom. The maximum Gasteiger partial charge on any atom is 0.226 e. The van der Waals surface area contributed by atoms with E-state index in [1.165, 1.54) is 0 Å². The molecule has 1 amide bonds. The second kappa shape index (κ2) is 6.05. The maximum absolute atomic E-state index is 12.1. The van der Waals surface area contributed by atoms with Gasteiger partial charge in [0.1, 0.15) is 5.82 Å². The van der Waals surface area contributed by atoms with E-state index in [1.54, 1.807) is 0 Å². The van der Waals surface area contributed by atoms with Crippen molar-refractivity contribution in [2.75, 3.05) is 24.3 Å². The van der Waals surface area contributed by atoms with Gasteiger partial charge in [0.2, 0.25) is 5.91 Å². The van der Waals surface area contributed by atoms with Crippen LogP contribution in [0.1, 0.15) is 23.5 Å². The van der Waals surface area contributed by atoms with Gasteiger partial charge in [-0.2, -0.15) is 5.10 Å². The first-order valence-electron chi connectivity index (χ1n) is 8.20. The summed E-state index contributed by atoms with van der Waals surface area (Å²) in [6.45, 7) is 0. The third-order valence-electron chi connectivity index (χ3n) is 4.49. The highest BCUT2D eigenvalue weighted by atomic mass is 16.1. The normalized spacial score (nSPS) is 16.2. The molecule has 6 nitrogen and oxygen atoms in total. The van der Waals surface area contributed by atoms with Crippen molar-refractivity contribution in [1.82, 2.24) is 15.2 Å². The molecule has 4 rings (SSSR count). The van der Waals surface area contributed by atoms with Crippen LogP contribution in [0.4, 0.5) is 11.6 Å². The van der Waals surface area contributed by atoms with Crippen LogP contribution in [0.25, 0.3) is 11.3 Å². The van der Waals surface area contributed by atoms with Crippen LogP contribution in [0.15, 0.2) is 48.7 Å². The lowest BCUT2D eigenvalue weighted by molar-refractivity contribution is -0.116. The Balaban J connectivity index is 1.80. The van der Waals surface area contributed by atoms with Crippen molar-refractivity contribution in [3.05, 3.63) is 59.8 Å². The number of anilines is 2. The fourth-order valence-electron chi connectivity index (χ4n) is 3.23. The van der Waals surface area contributed by atoms with Crippen molar-refractivity contribution in [3.63, 3.8) is 0 Å². The summed E-state index contributed by atoms with van der Waals surface area (Å²) in [6.07, 6.45) is 2.24. The maximum atomic E-state index is 12.1. The van der Waals surface area contributed by atoms with Crippen LogP contribution in [-0.4, -0.2) is 35.2 Å². The van der Waals surface area contributed by atoms with Gasteiger partial charge in [0.05, 0.1) is 5.69 Å². The zero-order valence-electron chi connectivity index (χ0n) is 14.2. The summed E-state index contributed by atoms with van der Waals surface area (Å²) in [5.74, 6) is 1.40. The second-order valence-corrected chi connectivity index (χ2v) is 6.38. The minimum absolute atomic E-state index is 0.0275. The number of pyridine rings is 1. The Morgan fingerprint density at radius 2 is 1.92 bits per heavy atom.